The predicted molar refractivity (Wildman–Crippen MR) is 94.6 cm³/mol. The Bertz CT molecular complexity index is 800. The molecule has 0 N–H and O–H groups in total. The van der Waals surface area contributed by atoms with Gasteiger partial charge < -0.3 is 14.4 Å². The molecule has 1 aromatic heterocycles. The molecule has 4 rings (SSSR count). The summed E-state index contributed by atoms with van der Waals surface area (Å²) in [5.74, 6) is 0.130. The van der Waals surface area contributed by atoms with Crippen molar-refractivity contribution < 1.29 is 9.59 Å². The highest BCUT2D eigenvalue weighted by Crippen LogP contribution is 2.30. The SMILES string of the molecule is CC(=O)N1CCc2cc(C(=O)N3CCC[C@@H](n4ccnc4)C3)ccc21. The molecule has 0 spiro atoms. The number of imidazole rings is 1. The van der Waals surface area contributed by atoms with E-state index in [1.54, 1.807) is 18.0 Å². The summed E-state index contributed by atoms with van der Waals surface area (Å²) in [6, 6.07) is 6.02. The van der Waals surface area contributed by atoms with E-state index in [2.05, 4.69) is 9.55 Å². The number of hydrogen-bond donors (Lipinski definition) is 0. The summed E-state index contributed by atoms with van der Waals surface area (Å²) in [5, 5.41) is 0. The summed E-state index contributed by atoms with van der Waals surface area (Å²) < 4.78 is 2.09. The Morgan fingerprint density at radius 2 is 2.12 bits per heavy atom. The Labute approximate surface area is 147 Å². The summed E-state index contributed by atoms with van der Waals surface area (Å²) in [7, 11) is 0. The molecule has 1 fully saturated rings. The number of aromatic nitrogens is 2. The first-order valence-electron chi connectivity index (χ1n) is 8.81. The lowest BCUT2D eigenvalue weighted by Crippen LogP contribution is -2.40. The van der Waals surface area contributed by atoms with Gasteiger partial charge in [0.05, 0.1) is 12.4 Å². The van der Waals surface area contributed by atoms with E-state index in [0.717, 1.165) is 42.6 Å². The van der Waals surface area contributed by atoms with Gasteiger partial charge in [0.15, 0.2) is 0 Å². The Morgan fingerprint density at radius 3 is 2.88 bits per heavy atom. The second-order valence-electron chi connectivity index (χ2n) is 6.82. The van der Waals surface area contributed by atoms with Crippen LogP contribution in [0, 0.1) is 0 Å². The molecule has 3 heterocycles. The molecule has 0 saturated carbocycles. The molecule has 6 heteroatoms. The van der Waals surface area contributed by atoms with Crippen molar-refractivity contribution in [1.29, 1.82) is 0 Å². The molecule has 1 atom stereocenters. The van der Waals surface area contributed by atoms with Crippen molar-refractivity contribution in [3.05, 3.63) is 48.0 Å². The Hall–Kier alpha value is -2.63. The third kappa shape index (κ3) is 2.92. The van der Waals surface area contributed by atoms with Crippen LogP contribution in [-0.4, -0.2) is 45.9 Å². The molecule has 130 valence electrons. The van der Waals surface area contributed by atoms with E-state index >= 15 is 0 Å². The maximum atomic E-state index is 13.0. The Morgan fingerprint density at radius 1 is 1.24 bits per heavy atom. The van der Waals surface area contributed by atoms with Crippen LogP contribution in [-0.2, 0) is 11.2 Å². The van der Waals surface area contributed by atoms with Gasteiger partial charge in [0, 0.05) is 50.2 Å². The van der Waals surface area contributed by atoms with Crippen LogP contribution in [0.3, 0.4) is 0 Å². The molecule has 0 radical (unpaired) electrons. The van der Waals surface area contributed by atoms with Crippen molar-refractivity contribution >= 4 is 17.5 Å². The Balaban J connectivity index is 1.52. The first-order valence-corrected chi connectivity index (χ1v) is 8.81. The maximum Gasteiger partial charge on any atom is 0.253 e. The van der Waals surface area contributed by atoms with Crippen LogP contribution in [0.1, 0.15) is 41.7 Å². The molecular weight excluding hydrogens is 316 g/mol. The molecule has 0 bridgehead atoms. The Kier molecular flexibility index (Phi) is 4.03. The summed E-state index contributed by atoms with van der Waals surface area (Å²) in [6.07, 6.45) is 8.44. The van der Waals surface area contributed by atoms with Crippen LogP contribution in [0.15, 0.2) is 36.9 Å². The number of anilines is 1. The largest absolute Gasteiger partial charge is 0.337 e. The van der Waals surface area contributed by atoms with Crippen molar-refractivity contribution in [3.8, 4) is 0 Å². The van der Waals surface area contributed by atoms with E-state index in [9.17, 15) is 9.59 Å². The second kappa shape index (κ2) is 6.35. The standard InChI is InChI=1S/C19H22N4O2/c1-14(24)23-9-6-15-11-16(4-5-18(15)23)19(25)21-8-2-3-17(12-21)22-10-7-20-13-22/h4-5,7,10-11,13,17H,2-3,6,8-9,12H2,1H3/t17-/m1/s1. The minimum absolute atomic E-state index is 0.0528. The highest BCUT2D eigenvalue weighted by molar-refractivity contribution is 5.98. The van der Waals surface area contributed by atoms with Gasteiger partial charge in [0.25, 0.3) is 5.91 Å². The number of fused-ring (bicyclic) bond motifs is 1. The third-order valence-electron chi connectivity index (χ3n) is 5.23. The molecule has 2 amide bonds. The number of carbonyl (C=O) groups excluding carboxylic acids is 2. The monoisotopic (exact) mass is 338 g/mol. The van der Waals surface area contributed by atoms with Gasteiger partial charge in [0.1, 0.15) is 0 Å². The van der Waals surface area contributed by atoms with Gasteiger partial charge in [-0.3, -0.25) is 9.59 Å². The number of amides is 2. The van der Waals surface area contributed by atoms with Crippen molar-refractivity contribution in [2.24, 2.45) is 0 Å². The van der Waals surface area contributed by atoms with Gasteiger partial charge in [-0.1, -0.05) is 0 Å². The third-order valence-corrected chi connectivity index (χ3v) is 5.23. The molecule has 1 aromatic carbocycles. The topological polar surface area (TPSA) is 58.4 Å². The smallest absolute Gasteiger partial charge is 0.253 e. The lowest BCUT2D eigenvalue weighted by molar-refractivity contribution is -0.116. The lowest BCUT2D eigenvalue weighted by Gasteiger charge is -2.33. The predicted octanol–water partition coefficient (Wildman–Crippen LogP) is 2.27. The van der Waals surface area contributed by atoms with Gasteiger partial charge >= 0.3 is 0 Å². The fourth-order valence-electron chi connectivity index (χ4n) is 3.91. The van der Waals surface area contributed by atoms with Gasteiger partial charge in [-0.2, -0.15) is 0 Å². The fourth-order valence-corrected chi connectivity index (χ4v) is 3.91. The number of rotatable bonds is 2. The number of piperidine rings is 1. The molecule has 25 heavy (non-hydrogen) atoms. The van der Waals surface area contributed by atoms with E-state index < -0.39 is 0 Å². The fraction of sp³-hybridized carbons (Fsp3) is 0.421. The zero-order valence-electron chi connectivity index (χ0n) is 14.4. The summed E-state index contributed by atoms with van der Waals surface area (Å²) in [6.45, 7) is 3.79. The van der Waals surface area contributed by atoms with E-state index in [4.69, 9.17) is 0 Å². The van der Waals surface area contributed by atoms with E-state index in [1.165, 1.54) is 0 Å². The molecular formula is C19H22N4O2. The van der Waals surface area contributed by atoms with Gasteiger partial charge in [0.2, 0.25) is 5.91 Å². The van der Waals surface area contributed by atoms with Crippen LogP contribution >= 0.6 is 0 Å². The second-order valence-corrected chi connectivity index (χ2v) is 6.82. The molecule has 2 aromatic rings. The van der Waals surface area contributed by atoms with Crippen LogP contribution < -0.4 is 4.90 Å². The van der Waals surface area contributed by atoms with Crippen LogP contribution in [0.5, 0.6) is 0 Å². The molecule has 2 aliphatic rings. The zero-order valence-corrected chi connectivity index (χ0v) is 14.4. The number of benzene rings is 1. The van der Waals surface area contributed by atoms with Gasteiger partial charge in [-0.15, -0.1) is 0 Å². The average Bonchev–Trinajstić information content (AvgIpc) is 3.30. The number of likely N-dealkylation sites (tertiary alicyclic amines) is 1. The number of hydrogen-bond acceptors (Lipinski definition) is 3. The first-order chi connectivity index (χ1) is 12.1. The average molecular weight is 338 g/mol. The molecule has 0 unspecified atom stereocenters. The lowest BCUT2D eigenvalue weighted by atomic mass is 10.0. The van der Waals surface area contributed by atoms with Crippen molar-refractivity contribution in [3.63, 3.8) is 0 Å². The van der Waals surface area contributed by atoms with Crippen LogP contribution in [0.4, 0.5) is 5.69 Å². The molecule has 1 saturated heterocycles. The number of nitrogens with zero attached hydrogens (tertiary/aromatic N) is 4. The summed E-state index contributed by atoms with van der Waals surface area (Å²) in [5.41, 5.74) is 2.75. The summed E-state index contributed by atoms with van der Waals surface area (Å²) in [4.78, 5) is 32.4. The highest BCUT2D eigenvalue weighted by atomic mass is 16.2. The zero-order chi connectivity index (χ0) is 17.4. The van der Waals surface area contributed by atoms with Crippen LogP contribution in [0.25, 0.3) is 0 Å². The van der Waals surface area contributed by atoms with E-state index in [0.29, 0.717) is 19.1 Å². The molecule has 6 nitrogen and oxygen atoms in total. The minimum Gasteiger partial charge on any atom is -0.337 e. The van der Waals surface area contributed by atoms with Crippen LogP contribution in [0.2, 0.25) is 0 Å². The minimum atomic E-state index is 0.0528. The molecule has 2 aliphatic heterocycles. The quantitative estimate of drug-likeness (QED) is 0.844. The van der Waals surface area contributed by atoms with E-state index in [-0.39, 0.29) is 11.8 Å². The van der Waals surface area contributed by atoms with Crippen molar-refractivity contribution in [2.45, 2.75) is 32.2 Å². The first kappa shape index (κ1) is 15.9. The molecule has 0 aliphatic carbocycles. The highest BCUT2D eigenvalue weighted by Gasteiger charge is 2.27. The van der Waals surface area contributed by atoms with Gasteiger partial charge in [-0.25, -0.2) is 4.98 Å². The summed E-state index contributed by atoms with van der Waals surface area (Å²) >= 11 is 0. The van der Waals surface area contributed by atoms with Crippen molar-refractivity contribution in [2.75, 3.05) is 24.5 Å². The number of carbonyl (C=O) groups is 2. The normalized spacial score (nSPS) is 19.8. The maximum absolute atomic E-state index is 13.0. The van der Waals surface area contributed by atoms with Gasteiger partial charge in [-0.05, 0) is 43.0 Å². The van der Waals surface area contributed by atoms with E-state index in [1.807, 2.05) is 35.6 Å². The van der Waals surface area contributed by atoms with Crippen molar-refractivity contribution in [1.82, 2.24) is 14.5 Å².